The number of aryl methyl sites for hydroxylation is 3. The van der Waals surface area contributed by atoms with Gasteiger partial charge in [0, 0.05) is 0 Å². The first-order valence-corrected chi connectivity index (χ1v) is 5.45. The van der Waals surface area contributed by atoms with Crippen molar-refractivity contribution in [1.82, 2.24) is 4.90 Å². The predicted octanol–water partition coefficient (Wildman–Crippen LogP) is 3.78. The molecule has 0 aromatic heterocycles. The van der Waals surface area contributed by atoms with Crippen LogP contribution in [0.3, 0.4) is 0 Å². The molecule has 1 aromatic carbocycles. The Balaban J connectivity index is 3.39. The van der Waals surface area contributed by atoms with Crippen LogP contribution in [0.25, 0.3) is 0 Å². The molecule has 1 rings (SSSR count). The second-order valence-electron chi connectivity index (χ2n) is 4.72. The summed E-state index contributed by atoms with van der Waals surface area (Å²) in [4.78, 5) is 1.21. The fourth-order valence-corrected chi connectivity index (χ4v) is 2.34. The van der Waals surface area contributed by atoms with Crippen molar-refractivity contribution in [2.45, 2.75) is 33.0 Å². The minimum absolute atomic E-state index is 0.369. The lowest BCUT2D eigenvalue weighted by Crippen LogP contribution is -2.34. The van der Waals surface area contributed by atoms with Crippen LogP contribution >= 0.6 is 0 Å². The minimum Gasteiger partial charge on any atom is -0.295 e. The summed E-state index contributed by atoms with van der Waals surface area (Å²) >= 11 is 0. The number of rotatable bonds is 2. The second kappa shape index (κ2) is 4.69. The molecule has 0 spiro atoms. The Labute approximate surface area is 100 Å². The van der Waals surface area contributed by atoms with E-state index in [9.17, 15) is 13.2 Å². The van der Waals surface area contributed by atoms with Gasteiger partial charge in [0.05, 0.1) is 0 Å². The zero-order valence-corrected chi connectivity index (χ0v) is 10.8. The molecule has 0 aliphatic heterocycles. The van der Waals surface area contributed by atoms with Crippen molar-refractivity contribution in [3.63, 3.8) is 0 Å². The number of hydrogen-bond donors (Lipinski definition) is 0. The average Bonchev–Trinajstić information content (AvgIpc) is 2.07. The van der Waals surface area contributed by atoms with Gasteiger partial charge in [0.2, 0.25) is 0 Å². The van der Waals surface area contributed by atoms with Crippen LogP contribution in [0.5, 0.6) is 0 Å². The van der Waals surface area contributed by atoms with Gasteiger partial charge in [-0.2, -0.15) is 13.2 Å². The first-order chi connectivity index (χ1) is 7.64. The van der Waals surface area contributed by atoms with Gasteiger partial charge in [0.15, 0.2) is 0 Å². The number of nitrogens with zero attached hydrogens (tertiary/aromatic N) is 1. The third-order valence-electron chi connectivity index (χ3n) is 2.84. The zero-order valence-electron chi connectivity index (χ0n) is 10.8. The molecule has 0 N–H and O–H groups in total. The molecule has 0 saturated heterocycles. The van der Waals surface area contributed by atoms with Gasteiger partial charge in [-0.15, -0.1) is 0 Å². The smallest absolute Gasteiger partial charge is 0.295 e. The van der Waals surface area contributed by atoms with Gasteiger partial charge in [0.1, 0.15) is 6.04 Å². The van der Waals surface area contributed by atoms with Crippen molar-refractivity contribution in [2.75, 3.05) is 14.1 Å². The lowest BCUT2D eigenvalue weighted by atomic mass is 9.93. The molecule has 17 heavy (non-hydrogen) atoms. The highest BCUT2D eigenvalue weighted by atomic mass is 19.4. The van der Waals surface area contributed by atoms with E-state index in [4.69, 9.17) is 0 Å². The van der Waals surface area contributed by atoms with Crippen LogP contribution in [0, 0.1) is 20.8 Å². The standard InChI is InChI=1S/C13H18F3N/c1-8-6-9(2)11(10(3)7-8)12(17(4)5)13(14,15)16/h6-7,12H,1-5H3. The Bertz CT molecular complexity index is 385. The summed E-state index contributed by atoms with van der Waals surface area (Å²) in [5.74, 6) is 0. The quantitative estimate of drug-likeness (QED) is 0.766. The van der Waals surface area contributed by atoms with E-state index in [1.165, 1.54) is 19.0 Å². The molecule has 1 aromatic rings. The Morgan fingerprint density at radius 2 is 1.41 bits per heavy atom. The van der Waals surface area contributed by atoms with E-state index in [2.05, 4.69) is 0 Å². The molecule has 0 saturated carbocycles. The SMILES string of the molecule is Cc1cc(C)c(C(N(C)C)C(F)(F)F)c(C)c1. The summed E-state index contributed by atoms with van der Waals surface area (Å²) in [5.41, 5.74) is 2.74. The molecule has 96 valence electrons. The fraction of sp³-hybridized carbons (Fsp3) is 0.538. The lowest BCUT2D eigenvalue weighted by molar-refractivity contribution is -0.179. The van der Waals surface area contributed by atoms with E-state index in [0.29, 0.717) is 16.7 Å². The Hall–Kier alpha value is -1.03. The Morgan fingerprint density at radius 3 is 1.71 bits per heavy atom. The highest BCUT2D eigenvalue weighted by Gasteiger charge is 2.43. The van der Waals surface area contributed by atoms with E-state index < -0.39 is 12.2 Å². The van der Waals surface area contributed by atoms with E-state index in [1.807, 2.05) is 6.92 Å². The Kier molecular flexibility index (Phi) is 3.87. The molecule has 1 atom stereocenters. The van der Waals surface area contributed by atoms with Crippen LogP contribution in [0.2, 0.25) is 0 Å². The van der Waals surface area contributed by atoms with E-state index >= 15 is 0 Å². The lowest BCUT2D eigenvalue weighted by Gasteiger charge is -2.30. The molecular formula is C13H18F3N. The predicted molar refractivity (Wildman–Crippen MR) is 63.1 cm³/mol. The van der Waals surface area contributed by atoms with Crippen LogP contribution in [-0.2, 0) is 0 Å². The molecule has 0 fully saturated rings. The van der Waals surface area contributed by atoms with Gasteiger partial charge in [-0.25, -0.2) is 0 Å². The molecular weight excluding hydrogens is 227 g/mol. The van der Waals surface area contributed by atoms with Crippen molar-refractivity contribution >= 4 is 0 Å². The summed E-state index contributed by atoms with van der Waals surface area (Å²) in [5, 5.41) is 0. The first-order valence-electron chi connectivity index (χ1n) is 5.45. The zero-order chi connectivity index (χ0) is 13.4. The summed E-state index contributed by atoms with van der Waals surface area (Å²) < 4.78 is 39.2. The molecule has 4 heteroatoms. The molecule has 1 unspecified atom stereocenters. The first kappa shape index (κ1) is 14.0. The third kappa shape index (κ3) is 3.00. The minimum atomic E-state index is -4.26. The van der Waals surface area contributed by atoms with Crippen molar-refractivity contribution in [3.05, 3.63) is 34.4 Å². The molecule has 0 heterocycles. The van der Waals surface area contributed by atoms with Crippen molar-refractivity contribution in [3.8, 4) is 0 Å². The summed E-state index contributed by atoms with van der Waals surface area (Å²) in [6, 6.07) is 2.05. The van der Waals surface area contributed by atoms with Gasteiger partial charge in [-0.1, -0.05) is 17.7 Å². The monoisotopic (exact) mass is 245 g/mol. The highest BCUT2D eigenvalue weighted by molar-refractivity contribution is 5.40. The van der Waals surface area contributed by atoms with Crippen LogP contribution in [0.4, 0.5) is 13.2 Å². The van der Waals surface area contributed by atoms with Gasteiger partial charge < -0.3 is 0 Å². The third-order valence-corrected chi connectivity index (χ3v) is 2.84. The van der Waals surface area contributed by atoms with Crippen LogP contribution < -0.4 is 0 Å². The molecule has 0 amide bonds. The van der Waals surface area contributed by atoms with E-state index in [1.54, 1.807) is 26.0 Å². The fourth-order valence-electron chi connectivity index (χ4n) is 2.34. The highest BCUT2D eigenvalue weighted by Crippen LogP contribution is 2.39. The van der Waals surface area contributed by atoms with E-state index in [-0.39, 0.29) is 0 Å². The van der Waals surface area contributed by atoms with E-state index in [0.717, 1.165) is 5.56 Å². The number of alkyl halides is 3. The van der Waals surface area contributed by atoms with Crippen LogP contribution in [0.15, 0.2) is 12.1 Å². The maximum atomic E-state index is 13.1. The average molecular weight is 245 g/mol. The summed E-state index contributed by atoms with van der Waals surface area (Å²) in [6.45, 7) is 5.36. The van der Waals surface area contributed by atoms with Crippen molar-refractivity contribution in [1.29, 1.82) is 0 Å². The normalized spacial score (nSPS) is 14.2. The maximum Gasteiger partial charge on any atom is 0.408 e. The molecule has 0 aliphatic rings. The number of benzene rings is 1. The molecule has 0 aliphatic carbocycles. The number of hydrogen-bond acceptors (Lipinski definition) is 1. The maximum absolute atomic E-state index is 13.1. The second-order valence-corrected chi connectivity index (χ2v) is 4.72. The number of halogens is 3. The summed E-state index contributed by atoms with van der Waals surface area (Å²) in [6.07, 6.45) is -4.26. The molecule has 0 radical (unpaired) electrons. The molecule has 0 bridgehead atoms. The van der Waals surface area contributed by atoms with Gasteiger partial charge >= 0.3 is 6.18 Å². The summed E-state index contributed by atoms with van der Waals surface area (Å²) in [7, 11) is 2.91. The topological polar surface area (TPSA) is 3.24 Å². The van der Waals surface area contributed by atoms with Gasteiger partial charge in [0.25, 0.3) is 0 Å². The largest absolute Gasteiger partial charge is 0.408 e. The Morgan fingerprint density at radius 1 is 1.00 bits per heavy atom. The van der Waals surface area contributed by atoms with Crippen LogP contribution in [-0.4, -0.2) is 25.2 Å². The van der Waals surface area contributed by atoms with Crippen LogP contribution in [0.1, 0.15) is 28.3 Å². The van der Waals surface area contributed by atoms with Gasteiger partial charge in [-0.3, -0.25) is 4.90 Å². The van der Waals surface area contributed by atoms with Crippen molar-refractivity contribution in [2.24, 2.45) is 0 Å². The van der Waals surface area contributed by atoms with Crippen molar-refractivity contribution < 1.29 is 13.2 Å². The van der Waals surface area contributed by atoms with Gasteiger partial charge in [-0.05, 0) is 51.6 Å². The molecule has 1 nitrogen and oxygen atoms in total.